The number of imide groups is 1. The lowest BCUT2D eigenvalue weighted by molar-refractivity contribution is -0.134. The zero-order chi connectivity index (χ0) is 44.5. The summed E-state index contributed by atoms with van der Waals surface area (Å²) in [4.78, 5) is 52.5. The molecule has 0 bridgehead atoms. The molecule has 16 heteroatoms. The molecule has 5 aliphatic heterocycles. The second-order valence-electron chi connectivity index (χ2n) is 18.4. The number of alkyl halides is 2. The molecule has 4 aromatic rings. The molecule has 2 aromatic heterocycles. The maximum absolute atomic E-state index is 16.0. The monoisotopic (exact) mass is 880 g/mol. The molecule has 2 unspecified atom stereocenters. The van der Waals surface area contributed by atoms with E-state index in [1.165, 1.54) is 30.5 Å². The minimum absolute atomic E-state index is 0.202. The van der Waals surface area contributed by atoms with E-state index in [0.29, 0.717) is 75.8 Å². The second-order valence-corrected chi connectivity index (χ2v) is 18.4. The number of aromatic nitrogens is 3. The van der Waals surface area contributed by atoms with Crippen LogP contribution in [0.1, 0.15) is 91.4 Å². The molecule has 2 aromatic carbocycles. The lowest BCUT2D eigenvalue weighted by atomic mass is 9.86. The lowest BCUT2D eigenvalue weighted by Gasteiger charge is -2.47. The van der Waals surface area contributed by atoms with Gasteiger partial charge in [0.05, 0.1) is 30.4 Å². The number of carbonyl (C=O) groups excluding carboxylic acids is 3. The van der Waals surface area contributed by atoms with Crippen LogP contribution in [0.15, 0.2) is 48.7 Å². The zero-order valence-corrected chi connectivity index (χ0v) is 37.6. The highest BCUT2D eigenvalue weighted by Crippen LogP contribution is 2.42. The maximum Gasteiger partial charge on any atom is 0.275 e. The Balaban J connectivity index is 0.00000166. The van der Waals surface area contributed by atoms with Gasteiger partial charge in [0, 0.05) is 108 Å². The Bertz CT molecular complexity index is 2350. The number of nitrogens with zero attached hydrogens (tertiary/aromatic N) is 8. The number of hydrogen-bond donors (Lipinski definition) is 3. The summed E-state index contributed by atoms with van der Waals surface area (Å²) in [6, 6.07) is 13.9. The second kappa shape index (κ2) is 18.6. The van der Waals surface area contributed by atoms with Crippen LogP contribution in [-0.4, -0.2) is 134 Å². The van der Waals surface area contributed by atoms with Crippen molar-refractivity contribution in [3.8, 4) is 0 Å². The van der Waals surface area contributed by atoms with E-state index in [2.05, 4.69) is 79.0 Å². The van der Waals surface area contributed by atoms with Crippen molar-refractivity contribution < 1.29 is 23.2 Å². The lowest BCUT2D eigenvalue weighted by Crippen LogP contribution is -2.62. The Morgan fingerprint density at radius 2 is 1.64 bits per heavy atom. The third-order valence-electron chi connectivity index (χ3n) is 14.2. The van der Waals surface area contributed by atoms with Crippen molar-refractivity contribution in [2.24, 2.45) is 5.92 Å². The SMILES string of the molecule is C1CC1.CCc1ccc(N2CCN(C3CCN(CC4CCN(c5cccc6c5CCN6c5cc(NC)c6ncc(C(=O)NC)n6n5)CC4)CC3(F)F)CC2)cc1C1CCC(=O)NC1=O. The van der Waals surface area contributed by atoms with Crippen LogP contribution >= 0.6 is 0 Å². The summed E-state index contributed by atoms with van der Waals surface area (Å²) in [6.07, 6.45) is 10.9. The normalized spacial score (nSPS) is 22.8. The highest BCUT2D eigenvalue weighted by molar-refractivity contribution is 6.01. The first-order chi connectivity index (χ1) is 31.0. The van der Waals surface area contributed by atoms with Crippen molar-refractivity contribution in [1.29, 1.82) is 0 Å². The number of imidazole rings is 1. The van der Waals surface area contributed by atoms with Gasteiger partial charge in [-0.3, -0.25) is 29.5 Å². The number of piperidine rings is 3. The summed E-state index contributed by atoms with van der Waals surface area (Å²) < 4.78 is 33.6. The fraction of sp³-hybridized carbons (Fsp3) is 0.562. The van der Waals surface area contributed by atoms with Gasteiger partial charge in [-0.15, -0.1) is 5.10 Å². The molecule has 342 valence electrons. The van der Waals surface area contributed by atoms with Gasteiger partial charge in [-0.1, -0.05) is 38.3 Å². The number of likely N-dealkylation sites (tertiary alicyclic amines) is 1. The standard InChI is InChI=1S/C45H57F2N11O3.C3H6/c1-4-30-8-9-31(24-34(30)32-10-11-41(59)51-43(32)60)54-20-22-56(23-21-54)39-15-16-53(28-45(39,46)47)27-29-12-17-55(18-13-29)36-6-5-7-37-33(36)14-19-57(37)40-25-35(48-2)42-50-26-38(44(61)49-3)58(42)52-40;1-2-3-1/h5-9,24-26,29,32,39,48H,4,10-23,27-28H2,1-3H3,(H,49,61)(H,51,59,60);1-3H2. The molecule has 6 aliphatic rings. The van der Waals surface area contributed by atoms with Crippen molar-refractivity contribution in [1.82, 2.24) is 35.0 Å². The Morgan fingerprint density at radius 3 is 2.33 bits per heavy atom. The fourth-order valence-corrected chi connectivity index (χ4v) is 10.5. The Morgan fingerprint density at radius 1 is 0.875 bits per heavy atom. The minimum Gasteiger partial charge on any atom is -0.385 e. The third kappa shape index (κ3) is 9.00. The molecule has 4 saturated heterocycles. The van der Waals surface area contributed by atoms with Crippen molar-refractivity contribution >= 4 is 51.9 Å². The molecule has 3 amide bonds. The molecule has 2 atom stereocenters. The average molecular weight is 880 g/mol. The number of rotatable bonds is 10. The number of anilines is 5. The molecule has 64 heavy (non-hydrogen) atoms. The summed E-state index contributed by atoms with van der Waals surface area (Å²) in [5.41, 5.74) is 8.42. The number of hydrogen-bond acceptors (Lipinski definition) is 11. The van der Waals surface area contributed by atoms with Crippen molar-refractivity contribution in [3.05, 3.63) is 71.0 Å². The first-order valence-electron chi connectivity index (χ1n) is 23.5. The van der Waals surface area contributed by atoms with Crippen LogP contribution in [0.4, 0.5) is 37.3 Å². The summed E-state index contributed by atoms with van der Waals surface area (Å²) >= 11 is 0. The van der Waals surface area contributed by atoms with Crippen LogP contribution in [0.5, 0.6) is 0 Å². The fourth-order valence-electron chi connectivity index (χ4n) is 10.5. The van der Waals surface area contributed by atoms with Crippen LogP contribution in [0.2, 0.25) is 0 Å². The number of fused-ring (bicyclic) bond motifs is 2. The van der Waals surface area contributed by atoms with E-state index in [0.717, 1.165) is 79.3 Å². The zero-order valence-electron chi connectivity index (χ0n) is 37.6. The van der Waals surface area contributed by atoms with E-state index in [-0.39, 0.29) is 30.2 Å². The van der Waals surface area contributed by atoms with E-state index < -0.39 is 12.0 Å². The summed E-state index contributed by atoms with van der Waals surface area (Å²) in [5, 5.41) is 13.3. The molecule has 14 nitrogen and oxygen atoms in total. The van der Waals surface area contributed by atoms with E-state index in [4.69, 9.17) is 5.10 Å². The predicted molar refractivity (Wildman–Crippen MR) is 246 cm³/mol. The number of piperazine rings is 1. The molecule has 3 N–H and O–H groups in total. The smallest absolute Gasteiger partial charge is 0.275 e. The number of halogens is 2. The highest BCUT2D eigenvalue weighted by Gasteiger charge is 2.48. The van der Waals surface area contributed by atoms with E-state index in [1.54, 1.807) is 17.8 Å². The van der Waals surface area contributed by atoms with Gasteiger partial charge in [-0.05, 0) is 79.8 Å². The highest BCUT2D eigenvalue weighted by atomic mass is 19.3. The third-order valence-corrected chi connectivity index (χ3v) is 14.2. The van der Waals surface area contributed by atoms with Crippen LogP contribution in [-0.2, 0) is 22.4 Å². The molecule has 0 spiro atoms. The summed E-state index contributed by atoms with van der Waals surface area (Å²) in [5.74, 6) is -2.76. The molecule has 1 saturated carbocycles. The number of amides is 3. The van der Waals surface area contributed by atoms with Gasteiger partial charge in [0.15, 0.2) is 17.2 Å². The topological polar surface area (TPSA) is 134 Å². The number of aryl methyl sites for hydroxylation is 1. The van der Waals surface area contributed by atoms with Gasteiger partial charge >= 0.3 is 0 Å². The Kier molecular flexibility index (Phi) is 12.8. The number of nitrogens with one attached hydrogen (secondary N) is 3. The van der Waals surface area contributed by atoms with Gasteiger partial charge in [-0.2, -0.15) is 0 Å². The van der Waals surface area contributed by atoms with Crippen molar-refractivity contribution in [2.75, 3.05) is 99.6 Å². The largest absolute Gasteiger partial charge is 0.385 e. The average Bonchev–Trinajstić information content (AvgIpc) is 4.03. The Labute approximate surface area is 374 Å². The molecule has 0 radical (unpaired) electrons. The molecule has 10 rings (SSSR count). The minimum atomic E-state index is -2.80. The molecular formula is C48H63F2N11O3. The van der Waals surface area contributed by atoms with Gasteiger partial charge in [0.25, 0.3) is 11.8 Å². The van der Waals surface area contributed by atoms with E-state index in [9.17, 15) is 14.4 Å². The first kappa shape index (κ1) is 43.9. The van der Waals surface area contributed by atoms with Crippen molar-refractivity contribution in [3.63, 3.8) is 0 Å². The van der Waals surface area contributed by atoms with E-state index >= 15 is 8.78 Å². The molecule has 5 fully saturated rings. The number of benzene rings is 2. The summed E-state index contributed by atoms with van der Waals surface area (Å²) in [7, 11) is 3.43. The predicted octanol–water partition coefficient (Wildman–Crippen LogP) is 5.83. The first-order valence-corrected chi connectivity index (χ1v) is 23.5. The van der Waals surface area contributed by atoms with Gasteiger partial charge in [0.2, 0.25) is 11.8 Å². The van der Waals surface area contributed by atoms with Crippen LogP contribution in [0, 0.1) is 5.92 Å². The van der Waals surface area contributed by atoms with Gasteiger partial charge < -0.3 is 25.3 Å². The van der Waals surface area contributed by atoms with Crippen molar-refractivity contribution in [2.45, 2.75) is 89.0 Å². The molecule has 1 aliphatic carbocycles. The van der Waals surface area contributed by atoms with Gasteiger partial charge in [0.1, 0.15) is 0 Å². The van der Waals surface area contributed by atoms with E-state index in [1.807, 2.05) is 22.9 Å². The van der Waals surface area contributed by atoms with Gasteiger partial charge in [-0.25, -0.2) is 18.3 Å². The maximum atomic E-state index is 16.0. The van der Waals surface area contributed by atoms with Crippen LogP contribution < -0.4 is 30.7 Å². The number of carbonyl (C=O) groups is 3. The summed E-state index contributed by atoms with van der Waals surface area (Å²) in [6.45, 7) is 8.18. The molecular weight excluding hydrogens is 817 g/mol. The Hall–Kier alpha value is -5.35. The van der Waals surface area contributed by atoms with Crippen LogP contribution in [0.3, 0.4) is 0 Å². The van der Waals surface area contributed by atoms with Crippen LogP contribution in [0.25, 0.3) is 5.65 Å². The molecule has 7 heterocycles. The quantitative estimate of drug-likeness (QED) is 0.167.